The van der Waals surface area contributed by atoms with Gasteiger partial charge in [0.25, 0.3) is 0 Å². The van der Waals surface area contributed by atoms with Gasteiger partial charge in [0.2, 0.25) is 11.8 Å². The zero-order valence-electron chi connectivity index (χ0n) is 10.6. The van der Waals surface area contributed by atoms with Crippen LogP contribution in [-0.4, -0.2) is 11.8 Å². The maximum atomic E-state index is 12.5. The molecule has 1 heterocycles. The van der Waals surface area contributed by atoms with E-state index in [4.69, 9.17) is 5.73 Å². The monoisotopic (exact) mass is 256 g/mol. The van der Waals surface area contributed by atoms with E-state index in [1.807, 2.05) is 0 Å². The van der Waals surface area contributed by atoms with Gasteiger partial charge in [-0.1, -0.05) is 0 Å². The number of rotatable bonds is 1. The van der Waals surface area contributed by atoms with Crippen molar-refractivity contribution < 1.29 is 9.59 Å². The van der Waals surface area contributed by atoms with Crippen LogP contribution < -0.4 is 10.6 Å². The lowest BCUT2D eigenvalue weighted by atomic mass is 9.81. The van der Waals surface area contributed by atoms with Crippen LogP contribution in [0.1, 0.15) is 19.3 Å². The van der Waals surface area contributed by atoms with Crippen molar-refractivity contribution in [1.82, 2.24) is 0 Å². The fraction of sp³-hybridized carbons (Fsp3) is 0.467. The number of fused-ring (bicyclic) bond motifs is 5. The van der Waals surface area contributed by atoms with E-state index in [0.717, 1.165) is 19.3 Å². The molecule has 3 aliphatic rings. The van der Waals surface area contributed by atoms with Crippen LogP contribution >= 0.6 is 0 Å². The zero-order chi connectivity index (χ0) is 13.1. The van der Waals surface area contributed by atoms with Gasteiger partial charge in [-0.3, -0.25) is 14.5 Å². The van der Waals surface area contributed by atoms with E-state index in [1.165, 1.54) is 4.90 Å². The third kappa shape index (κ3) is 1.34. The van der Waals surface area contributed by atoms with E-state index < -0.39 is 0 Å². The van der Waals surface area contributed by atoms with Gasteiger partial charge in [0, 0.05) is 5.69 Å². The SMILES string of the molecule is Nc1ccc(N2C(=O)[C@@H]3[C@@H]4CC[C@@H](C4)[C@H]3C2=O)cc1. The molecule has 4 atom stereocenters. The summed E-state index contributed by atoms with van der Waals surface area (Å²) in [5.74, 6) is 0.780. The highest BCUT2D eigenvalue weighted by Crippen LogP contribution is 2.56. The third-order valence-corrected chi connectivity index (χ3v) is 5.08. The first kappa shape index (κ1) is 11.0. The Bertz CT molecular complexity index is 538. The minimum Gasteiger partial charge on any atom is -0.399 e. The molecule has 2 bridgehead atoms. The van der Waals surface area contributed by atoms with Gasteiger partial charge < -0.3 is 5.73 Å². The van der Waals surface area contributed by atoms with E-state index in [-0.39, 0.29) is 23.7 Å². The first-order valence-electron chi connectivity index (χ1n) is 6.90. The van der Waals surface area contributed by atoms with Crippen LogP contribution in [0.3, 0.4) is 0 Å². The Kier molecular flexibility index (Phi) is 2.08. The second kappa shape index (κ2) is 3.59. The highest BCUT2D eigenvalue weighted by Gasteiger charge is 2.61. The largest absolute Gasteiger partial charge is 0.399 e. The summed E-state index contributed by atoms with van der Waals surface area (Å²) in [5.41, 5.74) is 6.96. The van der Waals surface area contributed by atoms with Crippen molar-refractivity contribution in [3.05, 3.63) is 24.3 Å². The summed E-state index contributed by atoms with van der Waals surface area (Å²) >= 11 is 0. The average Bonchev–Trinajstić information content (AvgIpc) is 3.06. The lowest BCUT2D eigenvalue weighted by Gasteiger charge is -2.19. The number of hydrogen-bond acceptors (Lipinski definition) is 3. The van der Waals surface area contributed by atoms with Gasteiger partial charge in [0.15, 0.2) is 0 Å². The van der Waals surface area contributed by atoms with Crippen LogP contribution in [-0.2, 0) is 9.59 Å². The molecule has 1 saturated heterocycles. The lowest BCUT2D eigenvalue weighted by molar-refractivity contribution is -0.123. The second-order valence-corrected chi connectivity index (χ2v) is 5.99. The summed E-state index contributed by atoms with van der Waals surface area (Å²) in [7, 11) is 0. The number of anilines is 2. The number of carbonyl (C=O) groups is 2. The molecule has 98 valence electrons. The Labute approximate surface area is 111 Å². The summed E-state index contributed by atoms with van der Waals surface area (Å²) in [4.78, 5) is 26.5. The van der Waals surface area contributed by atoms with Gasteiger partial charge in [-0.2, -0.15) is 0 Å². The molecule has 19 heavy (non-hydrogen) atoms. The molecule has 4 rings (SSSR count). The normalized spacial score (nSPS) is 36.1. The van der Waals surface area contributed by atoms with E-state index in [1.54, 1.807) is 24.3 Å². The Balaban J connectivity index is 1.73. The van der Waals surface area contributed by atoms with E-state index >= 15 is 0 Å². The Morgan fingerprint density at radius 2 is 1.47 bits per heavy atom. The van der Waals surface area contributed by atoms with Gasteiger partial charge in [0.1, 0.15) is 0 Å². The topological polar surface area (TPSA) is 63.4 Å². The summed E-state index contributed by atoms with van der Waals surface area (Å²) in [6.45, 7) is 0. The molecule has 4 heteroatoms. The van der Waals surface area contributed by atoms with Gasteiger partial charge >= 0.3 is 0 Å². The molecule has 2 saturated carbocycles. The standard InChI is InChI=1S/C15H16N2O2/c16-10-3-5-11(6-4-10)17-14(18)12-8-1-2-9(7-8)13(12)15(17)19/h3-6,8-9,12-13H,1-2,7,16H2/t8-,9+,12-,13-/m1/s1. The highest BCUT2D eigenvalue weighted by atomic mass is 16.2. The summed E-state index contributed by atoms with van der Waals surface area (Å²) in [6.07, 6.45) is 3.29. The Morgan fingerprint density at radius 3 is 2.00 bits per heavy atom. The minimum atomic E-state index is -0.0520. The highest BCUT2D eigenvalue weighted by molar-refractivity contribution is 6.22. The molecule has 0 spiro atoms. The molecule has 4 nitrogen and oxygen atoms in total. The number of nitrogen functional groups attached to an aromatic ring is 1. The van der Waals surface area contributed by atoms with Crippen LogP contribution in [0.4, 0.5) is 11.4 Å². The number of nitrogens with two attached hydrogens (primary N) is 1. The van der Waals surface area contributed by atoms with E-state index in [9.17, 15) is 9.59 Å². The number of nitrogens with zero attached hydrogens (tertiary/aromatic N) is 1. The van der Waals surface area contributed by atoms with Crippen molar-refractivity contribution in [3.63, 3.8) is 0 Å². The predicted molar refractivity (Wildman–Crippen MR) is 71.2 cm³/mol. The van der Waals surface area contributed by atoms with Gasteiger partial charge in [-0.15, -0.1) is 0 Å². The molecule has 1 aliphatic heterocycles. The Hall–Kier alpha value is -1.84. The molecule has 0 unspecified atom stereocenters. The van der Waals surface area contributed by atoms with Crippen molar-refractivity contribution in [2.45, 2.75) is 19.3 Å². The molecule has 1 aromatic rings. The smallest absolute Gasteiger partial charge is 0.237 e. The molecular weight excluding hydrogens is 240 g/mol. The zero-order valence-corrected chi connectivity index (χ0v) is 10.6. The van der Waals surface area contributed by atoms with Gasteiger partial charge in [-0.25, -0.2) is 0 Å². The van der Waals surface area contributed by atoms with Gasteiger partial charge in [0.05, 0.1) is 17.5 Å². The third-order valence-electron chi connectivity index (χ3n) is 5.08. The van der Waals surface area contributed by atoms with Crippen LogP contribution in [0.15, 0.2) is 24.3 Å². The van der Waals surface area contributed by atoms with Crippen LogP contribution in [0.25, 0.3) is 0 Å². The quantitative estimate of drug-likeness (QED) is 0.615. The number of carbonyl (C=O) groups excluding carboxylic acids is 2. The molecule has 2 aliphatic carbocycles. The van der Waals surface area contributed by atoms with Crippen molar-refractivity contribution in [2.75, 3.05) is 10.6 Å². The summed E-state index contributed by atoms with van der Waals surface area (Å²) in [5, 5.41) is 0. The minimum absolute atomic E-state index is 0.00646. The molecule has 0 radical (unpaired) electrons. The molecule has 2 amide bonds. The fourth-order valence-electron chi connectivity index (χ4n) is 4.29. The molecule has 1 aromatic carbocycles. The van der Waals surface area contributed by atoms with Crippen LogP contribution in [0.5, 0.6) is 0 Å². The van der Waals surface area contributed by atoms with E-state index in [2.05, 4.69) is 0 Å². The van der Waals surface area contributed by atoms with Crippen molar-refractivity contribution in [2.24, 2.45) is 23.7 Å². The predicted octanol–water partition coefficient (Wildman–Crippen LogP) is 1.80. The van der Waals surface area contributed by atoms with Gasteiger partial charge in [-0.05, 0) is 55.4 Å². The van der Waals surface area contributed by atoms with Crippen molar-refractivity contribution >= 4 is 23.2 Å². The Morgan fingerprint density at radius 1 is 0.947 bits per heavy atom. The van der Waals surface area contributed by atoms with Crippen LogP contribution in [0, 0.1) is 23.7 Å². The number of imide groups is 1. The molecule has 3 fully saturated rings. The maximum absolute atomic E-state index is 12.5. The summed E-state index contributed by atoms with van der Waals surface area (Å²) < 4.78 is 0. The fourth-order valence-corrected chi connectivity index (χ4v) is 4.29. The number of amides is 2. The second-order valence-electron chi connectivity index (χ2n) is 5.99. The molecule has 0 aromatic heterocycles. The number of hydrogen-bond donors (Lipinski definition) is 1. The van der Waals surface area contributed by atoms with E-state index in [0.29, 0.717) is 23.2 Å². The maximum Gasteiger partial charge on any atom is 0.237 e. The molecular formula is C15H16N2O2. The first-order chi connectivity index (χ1) is 9.16. The first-order valence-corrected chi connectivity index (χ1v) is 6.90. The van der Waals surface area contributed by atoms with Crippen LogP contribution in [0.2, 0.25) is 0 Å². The van der Waals surface area contributed by atoms with Crippen molar-refractivity contribution in [1.29, 1.82) is 0 Å². The summed E-state index contributed by atoms with van der Waals surface area (Å²) in [6, 6.07) is 6.99. The number of benzene rings is 1. The van der Waals surface area contributed by atoms with Crippen molar-refractivity contribution in [3.8, 4) is 0 Å². The lowest BCUT2D eigenvalue weighted by Crippen LogP contribution is -2.32. The molecule has 2 N–H and O–H groups in total. The average molecular weight is 256 g/mol.